The fraction of sp³-hybridized carbons (Fsp3) is 0. The van der Waals surface area contributed by atoms with Crippen molar-refractivity contribution in [2.45, 2.75) is 0 Å². The number of pyridine rings is 1. The van der Waals surface area contributed by atoms with Crippen LogP contribution in [0.2, 0.25) is 0 Å². The van der Waals surface area contributed by atoms with Crippen molar-refractivity contribution in [2.24, 2.45) is 0 Å². The van der Waals surface area contributed by atoms with Crippen molar-refractivity contribution in [1.29, 1.82) is 0 Å². The van der Waals surface area contributed by atoms with E-state index in [1.165, 1.54) is 0 Å². The van der Waals surface area contributed by atoms with E-state index in [0.29, 0.717) is 0 Å². The average molecular weight is 337 g/mol. The van der Waals surface area contributed by atoms with Crippen molar-refractivity contribution >= 4 is 11.0 Å². The molecule has 3 aromatic heterocycles. The minimum atomic E-state index is 0.797. The minimum absolute atomic E-state index is 0.797. The number of rotatable bonds is 3. The number of nitrogens with zero attached hydrogens (tertiary/aromatic N) is 3. The Labute approximate surface area is 149 Å². The molecule has 0 unspecified atom stereocenters. The SMILES string of the molecule is c1ccc(-c2n[nH]c(-c3ccncc3)c2-c2nc3ccccc3[nH]2)cc1. The number of aromatic nitrogens is 5. The van der Waals surface area contributed by atoms with Crippen LogP contribution in [-0.4, -0.2) is 25.1 Å². The van der Waals surface area contributed by atoms with E-state index in [0.717, 1.165) is 44.9 Å². The Kier molecular flexibility index (Phi) is 3.35. The molecule has 0 aliphatic rings. The molecule has 0 fully saturated rings. The first-order chi connectivity index (χ1) is 12.9. The molecule has 2 N–H and O–H groups in total. The number of nitrogens with one attached hydrogen (secondary N) is 2. The highest BCUT2D eigenvalue weighted by Gasteiger charge is 2.20. The van der Waals surface area contributed by atoms with E-state index >= 15 is 0 Å². The summed E-state index contributed by atoms with van der Waals surface area (Å²) in [5, 5.41) is 7.80. The number of para-hydroxylation sites is 2. The van der Waals surface area contributed by atoms with Crippen LogP contribution in [-0.2, 0) is 0 Å². The quantitative estimate of drug-likeness (QED) is 0.502. The number of H-pyrrole nitrogens is 2. The number of aromatic amines is 2. The van der Waals surface area contributed by atoms with Gasteiger partial charge in [-0.15, -0.1) is 0 Å². The maximum absolute atomic E-state index is 4.80. The van der Waals surface area contributed by atoms with Crippen molar-refractivity contribution in [2.75, 3.05) is 0 Å². The van der Waals surface area contributed by atoms with Crippen LogP contribution in [0.4, 0.5) is 0 Å². The molecule has 5 nitrogen and oxygen atoms in total. The standard InChI is InChI=1S/C21H15N5/c1-2-6-14(7-3-1)19-18(20(26-25-19)15-10-12-22-13-11-15)21-23-16-8-4-5-9-17(16)24-21/h1-13H,(H,23,24)(H,25,26). The van der Waals surface area contributed by atoms with E-state index in [9.17, 15) is 0 Å². The second kappa shape index (κ2) is 5.97. The van der Waals surface area contributed by atoms with E-state index in [2.05, 4.69) is 32.3 Å². The summed E-state index contributed by atoms with van der Waals surface area (Å²) in [7, 11) is 0. The number of imidazole rings is 1. The van der Waals surface area contributed by atoms with E-state index in [-0.39, 0.29) is 0 Å². The Morgan fingerprint density at radius 1 is 0.731 bits per heavy atom. The highest BCUT2D eigenvalue weighted by Crippen LogP contribution is 2.37. The van der Waals surface area contributed by atoms with Gasteiger partial charge in [-0.2, -0.15) is 5.10 Å². The third-order valence-corrected chi connectivity index (χ3v) is 4.41. The third-order valence-electron chi connectivity index (χ3n) is 4.41. The zero-order valence-electron chi connectivity index (χ0n) is 13.8. The van der Waals surface area contributed by atoms with Gasteiger partial charge in [-0.05, 0) is 24.3 Å². The van der Waals surface area contributed by atoms with Crippen molar-refractivity contribution in [3.63, 3.8) is 0 Å². The first-order valence-electron chi connectivity index (χ1n) is 8.39. The predicted molar refractivity (Wildman–Crippen MR) is 102 cm³/mol. The summed E-state index contributed by atoms with van der Waals surface area (Å²) in [6.45, 7) is 0. The Hall–Kier alpha value is -3.73. The molecule has 0 atom stereocenters. The predicted octanol–water partition coefficient (Wildman–Crippen LogP) is 4.68. The first kappa shape index (κ1) is 14.6. The molecular formula is C21H15N5. The van der Waals surface area contributed by atoms with Gasteiger partial charge in [-0.25, -0.2) is 4.98 Å². The lowest BCUT2D eigenvalue weighted by molar-refractivity contribution is 1.10. The molecule has 0 amide bonds. The van der Waals surface area contributed by atoms with Gasteiger partial charge < -0.3 is 4.98 Å². The van der Waals surface area contributed by atoms with Crippen LogP contribution in [0.25, 0.3) is 44.9 Å². The second-order valence-corrected chi connectivity index (χ2v) is 6.03. The number of hydrogen-bond donors (Lipinski definition) is 2. The molecule has 2 aromatic carbocycles. The lowest BCUT2D eigenvalue weighted by Gasteiger charge is -2.04. The molecule has 0 radical (unpaired) electrons. The lowest BCUT2D eigenvalue weighted by atomic mass is 10.0. The summed E-state index contributed by atoms with van der Waals surface area (Å²) in [6, 6.07) is 22.1. The smallest absolute Gasteiger partial charge is 0.142 e. The highest BCUT2D eigenvalue weighted by atomic mass is 15.1. The zero-order chi connectivity index (χ0) is 17.3. The molecule has 0 bridgehead atoms. The molecule has 26 heavy (non-hydrogen) atoms. The van der Waals surface area contributed by atoms with Crippen LogP contribution >= 0.6 is 0 Å². The average Bonchev–Trinajstić information content (AvgIpc) is 3.33. The first-order valence-corrected chi connectivity index (χ1v) is 8.39. The summed E-state index contributed by atoms with van der Waals surface area (Å²) in [4.78, 5) is 12.3. The highest BCUT2D eigenvalue weighted by molar-refractivity contribution is 5.91. The molecular weight excluding hydrogens is 322 g/mol. The van der Waals surface area contributed by atoms with Gasteiger partial charge in [-0.1, -0.05) is 42.5 Å². The van der Waals surface area contributed by atoms with Crippen LogP contribution in [0.1, 0.15) is 0 Å². The fourth-order valence-corrected chi connectivity index (χ4v) is 3.18. The second-order valence-electron chi connectivity index (χ2n) is 6.03. The molecule has 0 spiro atoms. The lowest BCUT2D eigenvalue weighted by Crippen LogP contribution is -1.87. The fourth-order valence-electron chi connectivity index (χ4n) is 3.18. The van der Waals surface area contributed by atoms with Gasteiger partial charge in [0.1, 0.15) is 11.5 Å². The summed E-state index contributed by atoms with van der Waals surface area (Å²) in [5.74, 6) is 0.797. The van der Waals surface area contributed by atoms with Crippen LogP contribution in [0.3, 0.4) is 0 Å². The van der Waals surface area contributed by atoms with Gasteiger partial charge in [0, 0.05) is 23.5 Å². The Bertz CT molecular complexity index is 1080. The van der Waals surface area contributed by atoms with Crippen molar-refractivity contribution in [3.8, 4) is 33.9 Å². The van der Waals surface area contributed by atoms with E-state index in [1.807, 2.05) is 54.6 Å². The van der Waals surface area contributed by atoms with Gasteiger partial charge in [0.25, 0.3) is 0 Å². The van der Waals surface area contributed by atoms with Crippen LogP contribution in [0.15, 0.2) is 79.1 Å². The Morgan fingerprint density at radius 3 is 2.31 bits per heavy atom. The zero-order valence-corrected chi connectivity index (χ0v) is 13.8. The van der Waals surface area contributed by atoms with Crippen LogP contribution in [0.5, 0.6) is 0 Å². The largest absolute Gasteiger partial charge is 0.338 e. The van der Waals surface area contributed by atoms with E-state index in [4.69, 9.17) is 4.98 Å². The summed E-state index contributed by atoms with van der Waals surface area (Å²) >= 11 is 0. The summed E-state index contributed by atoms with van der Waals surface area (Å²) < 4.78 is 0. The minimum Gasteiger partial charge on any atom is -0.338 e. The molecule has 3 heterocycles. The molecule has 0 aliphatic heterocycles. The van der Waals surface area contributed by atoms with Crippen molar-refractivity contribution in [1.82, 2.24) is 25.1 Å². The number of benzene rings is 2. The van der Waals surface area contributed by atoms with Gasteiger partial charge in [0.05, 0.1) is 22.3 Å². The van der Waals surface area contributed by atoms with Crippen molar-refractivity contribution in [3.05, 3.63) is 79.1 Å². The normalized spacial score (nSPS) is 11.1. The molecule has 124 valence electrons. The number of fused-ring (bicyclic) bond motifs is 1. The van der Waals surface area contributed by atoms with Gasteiger partial charge >= 0.3 is 0 Å². The van der Waals surface area contributed by atoms with Crippen molar-refractivity contribution < 1.29 is 0 Å². The Morgan fingerprint density at radius 2 is 1.50 bits per heavy atom. The molecule has 0 saturated heterocycles. The maximum Gasteiger partial charge on any atom is 0.142 e. The van der Waals surface area contributed by atoms with E-state index < -0.39 is 0 Å². The number of hydrogen-bond acceptors (Lipinski definition) is 3. The third kappa shape index (κ3) is 2.38. The van der Waals surface area contributed by atoms with Gasteiger partial charge in [0.15, 0.2) is 0 Å². The molecule has 5 heteroatoms. The van der Waals surface area contributed by atoms with E-state index in [1.54, 1.807) is 12.4 Å². The molecule has 0 saturated carbocycles. The topological polar surface area (TPSA) is 70.2 Å². The molecule has 5 aromatic rings. The maximum atomic E-state index is 4.80. The molecule has 5 rings (SSSR count). The summed E-state index contributed by atoms with van der Waals surface area (Å²) in [5.41, 5.74) is 6.75. The van der Waals surface area contributed by atoms with Crippen LogP contribution in [0, 0.1) is 0 Å². The monoisotopic (exact) mass is 337 g/mol. The van der Waals surface area contributed by atoms with Gasteiger partial charge in [-0.3, -0.25) is 10.1 Å². The molecule has 0 aliphatic carbocycles. The Balaban J connectivity index is 1.79. The summed E-state index contributed by atoms with van der Waals surface area (Å²) in [6.07, 6.45) is 3.56. The van der Waals surface area contributed by atoms with Crippen LogP contribution < -0.4 is 0 Å². The van der Waals surface area contributed by atoms with Gasteiger partial charge in [0.2, 0.25) is 0 Å².